The lowest BCUT2D eigenvalue weighted by Crippen LogP contribution is -2.62. The quantitative estimate of drug-likeness (QED) is 0.772. The second-order valence-electron chi connectivity index (χ2n) is 4.14. The summed E-state index contributed by atoms with van der Waals surface area (Å²) in [6, 6.07) is 0. The molecule has 0 fully saturated rings. The molecule has 18 heavy (non-hydrogen) atoms. The molecule has 0 radical (unpaired) electrons. The van der Waals surface area contributed by atoms with Gasteiger partial charge in [0, 0.05) is 0 Å². The van der Waals surface area contributed by atoms with Gasteiger partial charge in [0.1, 0.15) is 0 Å². The van der Waals surface area contributed by atoms with E-state index in [0.29, 0.717) is 0 Å². The molecule has 0 atom stereocenters. The molecule has 0 aromatic rings. The van der Waals surface area contributed by atoms with Crippen LogP contribution in [0.15, 0.2) is 0 Å². The smallest absolute Gasteiger partial charge is 0.394 e. The fraction of sp³-hybridized carbons (Fsp3) is 0.875. The van der Waals surface area contributed by atoms with Crippen molar-refractivity contribution < 1.29 is 40.6 Å². The maximum absolute atomic E-state index is 12.8. The Morgan fingerprint density at radius 1 is 1.06 bits per heavy atom. The van der Waals surface area contributed by atoms with Crippen LogP contribution in [-0.2, 0) is 4.79 Å². The molecule has 108 valence electrons. The van der Waals surface area contributed by atoms with Gasteiger partial charge in [-0.05, 0) is 13.8 Å². The number of carbonyl (C=O) groups excluding carboxylic acids is 1. The Hall–Kier alpha value is -1.06. The molecule has 0 aromatic carbocycles. The SMILES string of the molecule is CC(C)(CO)NC(=O)C(F)(F)C(F)(F)C(F)(F)F. The summed E-state index contributed by atoms with van der Waals surface area (Å²) in [4.78, 5) is 10.8. The predicted molar refractivity (Wildman–Crippen MR) is 45.3 cm³/mol. The van der Waals surface area contributed by atoms with Gasteiger partial charge in [0.15, 0.2) is 0 Å². The summed E-state index contributed by atoms with van der Waals surface area (Å²) in [6.07, 6.45) is -6.57. The Morgan fingerprint density at radius 3 is 1.72 bits per heavy atom. The molecule has 0 unspecified atom stereocenters. The molecule has 0 aromatic heterocycles. The number of hydrogen-bond donors (Lipinski definition) is 2. The molecule has 0 heterocycles. The lowest BCUT2D eigenvalue weighted by molar-refractivity contribution is -0.344. The van der Waals surface area contributed by atoms with Gasteiger partial charge in [-0.15, -0.1) is 0 Å². The van der Waals surface area contributed by atoms with Crippen molar-refractivity contribution in [2.75, 3.05) is 6.61 Å². The van der Waals surface area contributed by atoms with Gasteiger partial charge in [-0.2, -0.15) is 30.7 Å². The average molecular weight is 285 g/mol. The van der Waals surface area contributed by atoms with Crippen LogP contribution in [0.25, 0.3) is 0 Å². The van der Waals surface area contributed by atoms with E-state index in [-0.39, 0.29) is 0 Å². The fourth-order valence-corrected chi connectivity index (χ4v) is 0.746. The van der Waals surface area contributed by atoms with Gasteiger partial charge in [-0.3, -0.25) is 4.79 Å². The minimum atomic E-state index is -6.57. The van der Waals surface area contributed by atoms with E-state index in [9.17, 15) is 35.5 Å². The van der Waals surface area contributed by atoms with Gasteiger partial charge in [0.2, 0.25) is 0 Å². The van der Waals surface area contributed by atoms with Gasteiger partial charge in [0.05, 0.1) is 12.1 Å². The van der Waals surface area contributed by atoms with Crippen molar-refractivity contribution in [3.63, 3.8) is 0 Å². The van der Waals surface area contributed by atoms with E-state index >= 15 is 0 Å². The van der Waals surface area contributed by atoms with Crippen molar-refractivity contribution in [2.45, 2.75) is 37.4 Å². The van der Waals surface area contributed by atoms with Gasteiger partial charge >= 0.3 is 18.0 Å². The summed E-state index contributed by atoms with van der Waals surface area (Å²) in [5.74, 6) is -15.3. The van der Waals surface area contributed by atoms with Gasteiger partial charge in [-0.25, -0.2) is 0 Å². The van der Waals surface area contributed by atoms with E-state index in [4.69, 9.17) is 5.11 Å². The number of aliphatic hydroxyl groups excluding tert-OH is 1. The van der Waals surface area contributed by atoms with Crippen LogP contribution in [0.4, 0.5) is 30.7 Å². The molecule has 0 saturated carbocycles. The van der Waals surface area contributed by atoms with Crippen molar-refractivity contribution in [3.05, 3.63) is 0 Å². The number of rotatable bonds is 4. The van der Waals surface area contributed by atoms with E-state index in [2.05, 4.69) is 0 Å². The molecule has 0 rings (SSSR count). The van der Waals surface area contributed by atoms with Crippen LogP contribution < -0.4 is 5.32 Å². The second-order valence-corrected chi connectivity index (χ2v) is 4.14. The summed E-state index contributed by atoms with van der Waals surface area (Å²) < 4.78 is 85.7. The highest BCUT2D eigenvalue weighted by Crippen LogP contribution is 2.46. The monoisotopic (exact) mass is 285 g/mol. The zero-order chi connectivity index (χ0) is 15.0. The Morgan fingerprint density at radius 2 is 1.44 bits per heavy atom. The maximum atomic E-state index is 12.8. The zero-order valence-electron chi connectivity index (χ0n) is 9.21. The summed E-state index contributed by atoms with van der Waals surface area (Å²) in [5.41, 5.74) is -1.76. The van der Waals surface area contributed by atoms with Crippen LogP contribution >= 0.6 is 0 Å². The summed E-state index contributed by atoms with van der Waals surface area (Å²) in [7, 11) is 0. The molecule has 0 bridgehead atoms. The minimum absolute atomic E-state index is 0.924. The first-order valence-electron chi connectivity index (χ1n) is 4.45. The molecule has 0 aliphatic carbocycles. The normalized spacial score (nSPS) is 14.6. The molecule has 0 spiro atoms. The van der Waals surface area contributed by atoms with E-state index in [0.717, 1.165) is 13.8 Å². The largest absolute Gasteiger partial charge is 0.460 e. The van der Waals surface area contributed by atoms with E-state index < -0.39 is 36.1 Å². The Labute approximate surface area is 97.0 Å². The fourth-order valence-electron chi connectivity index (χ4n) is 0.746. The lowest BCUT2D eigenvalue weighted by atomic mass is 10.0. The number of amides is 1. The first kappa shape index (κ1) is 16.9. The third kappa shape index (κ3) is 3.03. The molecule has 0 aliphatic heterocycles. The minimum Gasteiger partial charge on any atom is -0.394 e. The molecular formula is C8H10F7NO2. The third-order valence-corrected chi connectivity index (χ3v) is 1.88. The average Bonchev–Trinajstić information content (AvgIpc) is 2.15. The van der Waals surface area contributed by atoms with E-state index in [1.807, 2.05) is 0 Å². The second kappa shape index (κ2) is 4.56. The topological polar surface area (TPSA) is 49.3 Å². The van der Waals surface area contributed by atoms with Crippen molar-refractivity contribution in [1.82, 2.24) is 5.32 Å². The Kier molecular flexibility index (Phi) is 4.29. The van der Waals surface area contributed by atoms with E-state index in [1.165, 1.54) is 5.32 Å². The van der Waals surface area contributed by atoms with Crippen molar-refractivity contribution in [2.24, 2.45) is 0 Å². The van der Waals surface area contributed by atoms with Crippen molar-refractivity contribution >= 4 is 5.91 Å². The molecule has 10 heteroatoms. The van der Waals surface area contributed by atoms with Gasteiger partial charge < -0.3 is 10.4 Å². The maximum Gasteiger partial charge on any atom is 0.460 e. The van der Waals surface area contributed by atoms with Crippen LogP contribution in [0, 0.1) is 0 Å². The molecule has 2 N–H and O–H groups in total. The third-order valence-electron chi connectivity index (χ3n) is 1.88. The first-order chi connectivity index (χ1) is 7.69. The molecule has 0 saturated heterocycles. The first-order valence-corrected chi connectivity index (χ1v) is 4.45. The summed E-state index contributed by atoms with van der Waals surface area (Å²) >= 11 is 0. The number of nitrogens with one attached hydrogen (secondary N) is 1. The number of alkyl halides is 7. The van der Waals surface area contributed by atoms with E-state index in [1.54, 1.807) is 0 Å². The highest BCUT2D eigenvalue weighted by atomic mass is 19.4. The molecule has 3 nitrogen and oxygen atoms in total. The number of carbonyl (C=O) groups is 1. The van der Waals surface area contributed by atoms with Crippen molar-refractivity contribution in [3.8, 4) is 0 Å². The highest BCUT2D eigenvalue weighted by molar-refractivity contribution is 5.85. The van der Waals surface area contributed by atoms with Crippen molar-refractivity contribution in [1.29, 1.82) is 0 Å². The number of halogens is 7. The molecule has 1 amide bonds. The Bertz CT molecular complexity index is 324. The summed E-state index contributed by atoms with van der Waals surface area (Å²) in [6.45, 7) is 1.01. The summed E-state index contributed by atoms with van der Waals surface area (Å²) in [5, 5.41) is 9.81. The number of hydrogen-bond acceptors (Lipinski definition) is 2. The Balaban J connectivity index is 5.23. The van der Waals surface area contributed by atoms with Crippen LogP contribution in [0.5, 0.6) is 0 Å². The van der Waals surface area contributed by atoms with Gasteiger partial charge in [-0.1, -0.05) is 0 Å². The van der Waals surface area contributed by atoms with Crippen LogP contribution in [-0.4, -0.2) is 41.2 Å². The number of aliphatic hydroxyl groups is 1. The zero-order valence-corrected chi connectivity index (χ0v) is 9.21. The van der Waals surface area contributed by atoms with Crippen LogP contribution in [0.2, 0.25) is 0 Å². The standard InChI is InChI=1S/C8H10F7NO2/c1-5(2,3-17)16-4(18)6(9,10)7(11,12)8(13,14)15/h17H,3H2,1-2H3,(H,16,18). The van der Waals surface area contributed by atoms with Crippen LogP contribution in [0.3, 0.4) is 0 Å². The molecule has 0 aliphatic rings. The highest BCUT2D eigenvalue weighted by Gasteiger charge is 2.76. The van der Waals surface area contributed by atoms with Crippen LogP contribution in [0.1, 0.15) is 13.8 Å². The predicted octanol–water partition coefficient (Wildman–Crippen LogP) is 1.71. The lowest BCUT2D eigenvalue weighted by Gasteiger charge is -2.31. The van der Waals surface area contributed by atoms with Gasteiger partial charge in [0.25, 0.3) is 5.91 Å². The molecular weight excluding hydrogens is 275 g/mol.